The largest absolute Gasteiger partial charge is 0.356 e. The van der Waals surface area contributed by atoms with Gasteiger partial charge in [0.15, 0.2) is 5.58 Å². The summed E-state index contributed by atoms with van der Waals surface area (Å²) >= 11 is 0. The fraction of sp³-hybridized carbons (Fsp3) is 0.357. The maximum atomic E-state index is 13.4. The number of halogens is 1. The highest BCUT2D eigenvalue weighted by Crippen LogP contribution is 2.33. The number of benzene rings is 2. The van der Waals surface area contributed by atoms with Crippen molar-refractivity contribution >= 4 is 23.0 Å². The number of piperidine rings is 1. The summed E-state index contributed by atoms with van der Waals surface area (Å²) in [6.07, 6.45) is 8.27. The van der Waals surface area contributed by atoms with E-state index in [1.54, 1.807) is 12.1 Å². The smallest absolute Gasteiger partial charge is 0.243 e. The minimum absolute atomic E-state index is 0.0772. The topological polar surface area (TPSA) is 58.4 Å². The van der Waals surface area contributed by atoms with Gasteiger partial charge in [0.05, 0.1) is 5.69 Å². The van der Waals surface area contributed by atoms with Gasteiger partial charge in [0.25, 0.3) is 0 Å². The summed E-state index contributed by atoms with van der Waals surface area (Å²) in [5, 5.41) is 8.13. The Balaban J connectivity index is 1.21. The molecule has 34 heavy (non-hydrogen) atoms. The van der Waals surface area contributed by atoms with Crippen LogP contribution in [0.1, 0.15) is 42.0 Å². The molecule has 1 aliphatic heterocycles. The third-order valence-corrected chi connectivity index (χ3v) is 6.68. The van der Waals surface area contributed by atoms with Crippen LogP contribution in [0.2, 0.25) is 0 Å². The Morgan fingerprint density at radius 2 is 2.09 bits per heavy atom. The quantitative estimate of drug-likeness (QED) is 0.339. The second kappa shape index (κ2) is 11.3. The number of nitrogens with zero attached hydrogens (tertiary/aromatic N) is 2. The van der Waals surface area contributed by atoms with Crippen LogP contribution in [0.3, 0.4) is 0 Å². The molecule has 1 amide bonds. The predicted octanol–water partition coefficient (Wildman–Crippen LogP) is 5.48. The average Bonchev–Trinajstić information content (AvgIpc) is 3.26. The lowest BCUT2D eigenvalue weighted by atomic mass is 9.91. The molecule has 5 nitrogen and oxygen atoms in total. The molecule has 1 aliphatic rings. The van der Waals surface area contributed by atoms with Crippen LogP contribution in [0.15, 0.2) is 65.7 Å². The van der Waals surface area contributed by atoms with E-state index in [0.29, 0.717) is 24.0 Å². The van der Waals surface area contributed by atoms with Crippen LogP contribution in [0, 0.1) is 18.7 Å². The Bertz CT molecular complexity index is 1160. The number of aromatic nitrogens is 1. The molecule has 178 valence electrons. The first-order valence-corrected chi connectivity index (χ1v) is 11.9. The highest BCUT2D eigenvalue weighted by Gasteiger charge is 2.26. The number of hydrogen-bond donors (Lipinski definition) is 1. The van der Waals surface area contributed by atoms with Crippen molar-refractivity contribution in [2.45, 2.75) is 32.1 Å². The van der Waals surface area contributed by atoms with E-state index in [9.17, 15) is 9.18 Å². The zero-order valence-corrected chi connectivity index (χ0v) is 19.7. The number of nitrogens with one attached hydrogen (secondary N) is 1. The number of carbonyl (C=O) groups excluding carboxylic acids is 1. The van der Waals surface area contributed by atoms with Gasteiger partial charge in [-0.2, -0.15) is 0 Å². The van der Waals surface area contributed by atoms with Crippen LogP contribution in [0.25, 0.3) is 17.0 Å². The summed E-state index contributed by atoms with van der Waals surface area (Å²) in [6, 6.07) is 12.6. The van der Waals surface area contributed by atoms with Crippen molar-refractivity contribution < 1.29 is 13.7 Å². The molecule has 2 aromatic carbocycles. The van der Waals surface area contributed by atoms with Gasteiger partial charge in [0, 0.05) is 36.5 Å². The van der Waals surface area contributed by atoms with E-state index in [4.69, 9.17) is 4.52 Å². The highest BCUT2D eigenvalue weighted by molar-refractivity contribution is 5.91. The maximum Gasteiger partial charge on any atom is 0.243 e. The molecule has 4 rings (SSSR count). The third kappa shape index (κ3) is 6.00. The minimum atomic E-state index is -0.306. The second-order valence-corrected chi connectivity index (χ2v) is 9.05. The van der Waals surface area contributed by atoms with E-state index in [2.05, 4.69) is 22.0 Å². The molecule has 1 atom stereocenters. The molecule has 0 unspecified atom stereocenters. The van der Waals surface area contributed by atoms with Gasteiger partial charge in [-0.1, -0.05) is 35.5 Å². The van der Waals surface area contributed by atoms with E-state index in [-0.39, 0.29) is 11.7 Å². The predicted molar refractivity (Wildman–Crippen MR) is 134 cm³/mol. The molecule has 1 saturated heterocycles. The van der Waals surface area contributed by atoms with E-state index in [0.717, 1.165) is 61.1 Å². The average molecular weight is 462 g/mol. The van der Waals surface area contributed by atoms with Crippen molar-refractivity contribution in [1.29, 1.82) is 0 Å². The first-order chi connectivity index (χ1) is 16.5. The lowest BCUT2D eigenvalue weighted by Gasteiger charge is -2.33. The Morgan fingerprint density at radius 1 is 1.29 bits per heavy atom. The molecule has 0 bridgehead atoms. The Kier molecular flexibility index (Phi) is 7.91. The fourth-order valence-electron chi connectivity index (χ4n) is 4.61. The normalized spacial score (nSPS) is 16.2. The van der Waals surface area contributed by atoms with Gasteiger partial charge in [0.1, 0.15) is 5.82 Å². The maximum absolute atomic E-state index is 13.4. The van der Waals surface area contributed by atoms with E-state index in [1.165, 1.54) is 12.1 Å². The Labute approximate surface area is 200 Å². The van der Waals surface area contributed by atoms with Crippen molar-refractivity contribution in [2.75, 3.05) is 26.2 Å². The highest BCUT2D eigenvalue weighted by atomic mass is 19.1. The molecule has 0 radical (unpaired) electrons. The molecular formula is C28H32FN3O2. The van der Waals surface area contributed by atoms with E-state index >= 15 is 0 Å². The van der Waals surface area contributed by atoms with Crippen molar-refractivity contribution in [3.8, 4) is 0 Å². The SMILES string of the molecule is C=C[C@@H](CCNC(=O)/C=C/c1ccccc1C)CN1CCC(c2noc3cc(F)ccc23)CC1. The van der Waals surface area contributed by atoms with Gasteiger partial charge in [0.2, 0.25) is 5.91 Å². The van der Waals surface area contributed by atoms with Crippen LogP contribution in [-0.2, 0) is 4.79 Å². The van der Waals surface area contributed by atoms with Crippen LogP contribution in [-0.4, -0.2) is 42.1 Å². The first kappa shape index (κ1) is 23.9. The summed E-state index contributed by atoms with van der Waals surface area (Å²) in [4.78, 5) is 14.6. The number of amides is 1. The first-order valence-electron chi connectivity index (χ1n) is 11.9. The number of likely N-dealkylation sites (tertiary alicyclic amines) is 1. The number of rotatable bonds is 9. The summed E-state index contributed by atoms with van der Waals surface area (Å²) < 4.78 is 18.8. The van der Waals surface area contributed by atoms with E-state index < -0.39 is 0 Å². The van der Waals surface area contributed by atoms with Crippen molar-refractivity contribution in [2.24, 2.45) is 5.92 Å². The molecule has 6 heteroatoms. The van der Waals surface area contributed by atoms with Crippen molar-refractivity contribution in [3.63, 3.8) is 0 Å². The molecule has 1 aromatic heterocycles. The molecule has 0 saturated carbocycles. The van der Waals surface area contributed by atoms with Crippen LogP contribution >= 0.6 is 0 Å². The van der Waals surface area contributed by atoms with Crippen molar-refractivity contribution in [1.82, 2.24) is 15.4 Å². The minimum Gasteiger partial charge on any atom is -0.356 e. The second-order valence-electron chi connectivity index (χ2n) is 9.05. The molecule has 0 aliphatic carbocycles. The lowest BCUT2D eigenvalue weighted by Crippen LogP contribution is -2.37. The fourth-order valence-corrected chi connectivity index (χ4v) is 4.61. The Morgan fingerprint density at radius 3 is 2.85 bits per heavy atom. The zero-order valence-electron chi connectivity index (χ0n) is 19.7. The number of hydrogen-bond acceptors (Lipinski definition) is 4. The van der Waals surface area contributed by atoms with Gasteiger partial charge in [-0.25, -0.2) is 4.39 Å². The van der Waals surface area contributed by atoms with Crippen LogP contribution in [0.4, 0.5) is 4.39 Å². The van der Waals surface area contributed by atoms with Crippen LogP contribution < -0.4 is 5.32 Å². The van der Waals surface area contributed by atoms with Gasteiger partial charge in [-0.05, 0) is 74.5 Å². The number of fused-ring (bicyclic) bond motifs is 1. The van der Waals surface area contributed by atoms with Crippen LogP contribution in [0.5, 0.6) is 0 Å². The summed E-state index contributed by atoms with van der Waals surface area (Å²) in [6.45, 7) is 9.51. The number of aryl methyl sites for hydroxylation is 1. The Hall–Kier alpha value is -3.25. The molecule has 0 spiro atoms. The van der Waals surface area contributed by atoms with Crippen molar-refractivity contribution in [3.05, 3.63) is 83.8 Å². The third-order valence-electron chi connectivity index (χ3n) is 6.68. The van der Waals surface area contributed by atoms with Gasteiger partial charge >= 0.3 is 0 Å². The lowest BCUT2D eigenvalue weighted by molar-refractivity contribution is -0.116. The standard InChI is InChI=1S/C28H32FN3O2/c1-3-21(12-15-30-27(33)11-8-22-7-5-4-6-20(22)2)19-32-16-13-23(14-17-32)28-25-10-9-24(29)18-26(25)34-31-28/h3-11,18,21,23H,1,12-17,19H2,2H3,(H,30,33)/b11-8+/t21-/m0/s1. The molecular weight excluding hydrogens is 429 g/mol. The molecule has 1 fully saturated rings. The summed E-state index contributed by atoms with van der Waals surface area (Å²) in [5.74, 6) is 0.253. The van der Waals surface area contributed by atoms with Gasteiger partial charge in [-0.3, -0.25) is 4.79 Å². The van der Waals surface area contributed by atoms with Gasteiger partial charge in [-0.15, -0.1) is 6.58 Å². The van der Waals surface area contributed by atoms with E-state index in [1.807, 2.05) is 43.3 Å². The van der Waals surface area contributed by atoms with Gasteiger partial charge < -0.3 is 14.7 Å². The molecule has 2 heterocycles. The molecule has 1 N–H and O–H groups in total. The zero-order chi connectivity index (χ0) is 23.9. The number of carbonyl (C=O) groups is 1. The molecule has 3 aromatic rings. The summed E-state index contributed by atoms with van der Waals surface area (Å²) in [7, 11) is 0. The monoisotopic (exact) mass is 461 g/mol. The summed E-state index contributed by atoms with van der Waals surface area (Å²) in [5.41, 5.74) is 3.65.